The highest BCUT2D eigenvalue weighted by Gasteiger charge is 2.04. The summed E-state index contributed by atoms with van der Waals surface area (Å²) in [6, 6.07) is 6.38. The lowest BCUT2D eigenvalue weighted by molar-refractivity contribution is 0.126. The Hall–Kier alpha value is -1.13. The molecule has 2 rings (SSSR count). The maximum absolute atomic E-state index is 5.59. The summed E-state index contributed by atoms with van der Waals surface area (Å²) >= 11 is 5.38. The molecule has 0 unspecified atom stereocenters. The number of imidazole rings is 1. The molecule has 0 bridgehead atoms. The summed E-state index contributed by atoms with van der Waals surface area (Å²) in [6.07, 6.45) is 3.33. The third-order valence-electron chi connectivity index (χ3n) is 3.24. The lowest BCUT2D eigenvalue weighted by Crippen LogP contribution is -2.03. The van der Waals surface area contributed by atoms with Crippen LogP contribution in [-0.4, -0.2) is 22.8 Å². The zero-order chi connectivity index (χ0) is 13.7. The summed E-state index contributed by atoms with van der Waals surface area (Å²) in [5.41, 5.74) is 3.57. The summed E-state index contributed by atoms with van der Waals surface area (Å²) in [5.74, 6) is 0. The number of unbranched alkanes of at least 4 members (excludes halogenated alkanes) is 1. The first kappa shape index (κ1) is 14.3. The Morgan fingerprint density at radius 3 is 2.84 bits per heavy atom. The van der Waals surface area contributed by atoms with Crippen LogP contribution in [0.2, 0.25) is 0 Å². The molecule has 1 aromatic heterocycles. The van der Waals surface area contributed by atoms with Gasteiger partial charge in [0.15, 0.2) is 4.77 Å². The van der Waals surface area contributed by atoms with Crippen molar-refractivity contribution < 1.29 is 4.74 Å². The van der Waals surface area contributed by atoms with Crippen LogP contribution in [0.25, 0.3) is 11.0 Å². The first-order chi connectivity index (χ1) is 9.22. The predicted molar refractivity (Wildman–Crippen MR) is 82.2 cm³/mol. The van der Waals surface area contributed by atoms with Crippen molar-refractivity contribution in [2.75, 3.05) is 13.2 Å². The Morgan fingerprint density at radius 1 is 1.26 bits per heavy atom. The molecule has 3 nitrogen and oxygen atoms in total. The minimum absolute atomic E-state index is 0.800. The molecule has 0 spiro atoms. The molecule has 2 aromatic rings. The molecule has 0 fully saturated rings. The van der Waals surface area contributed by atoms with Crippen LogP contribution < -0.4 is 0 Å². The Balaban J connectivity index is 1.98. The minimum Gasteiger partial charge on any atom is -0.381 e. The van der Waals surface area contributed by atoms with E-state index in [-0.39, 0.29) is 0 Å². The maximum atomic E-state index is 5.59. The van der Waals surface area contributed by atoms with Crippen molar-refractivity contribution in [3.63, 3.8) is 0 Å². The van der Waals surface area contributed by atoms with Crippen molar-refractivity contribution in [3.8, 4) is 0 Å². The molecular weight excluding hydrogens is 256 g/mol. The molecule has 0 atom stereocenters. The normalized spacial score (nSPS) is 11.3. The first-order valence-electron chi connectivity index (χ1n) is 6.99. The molecule has 0 aliphatic carbocycles. The van der Waals surface area contributed by atoms with E-state index < -0.39 is 0 Å². The van der Waals surface area contributed by atoms with E-state index >= 15 is 0 Å². The molecule has 104 valence electrons. The van der Waals surface area contributed by atoms with E-state index in [1.165, 1.54) is 17.5 Å². The molecule has 1 N–H and O–H groups in total. The van der Waals surface area contributed by atoms with Crippen LogP contribution >= 0.6 is 12.2 Å². The van der Waals surface area contributed by atoms with Gasteiger partial charge in [0, 0.05) is 19.8 Å². The number of rotatable bonds is 7. The minimum atomic E-state index is 0.800. The van der Waals surface area contributed by atoms with Gasteiger partial charge in [0.25, 0.3) is 0 Å². The smallest absolute Gasteiger partial charge is 0.178 e. The number of aromatic amines is 1. The zero-order valence-electron chi connectivity index (χ0n) is 11.7. The highest BCUT2D eigenvalue weighted by atomic mass is 32.1. The summed E-state index contributed by atoms with van der Waals surface area (Å²) < 4.78 is 8.56. The number of hydrogen-bond donors (Lipinski definition) is 1. The van der Waals surface area contributed by atoms with E-state index in [9.17, 15) is 0 Å². The number of fused-ring (bicyclic) bond motifs is 1. The Bertz CT molecular complexity index is 585. The predicted octanol–water partition coefficient (Wildman–Crippen LogP) is 4.21. The van der Waals surface area contributed by atoms with E-state index in [0.29, 0.717) is 0 Å². The summed E-state index contributed by atoms with van der Waals surface area (Å²) in [6.45, 7) is 6.87. The van der Waals surface area contributed by atoms with Crippen molar-refractivity contribution in [3.05, 3.63) is 28.5 Å². The molecule has 0 radical (unpaired) electrons. The van der Waals surface area contributed by atoms with Gasteiger partial charge in [0.1, 0.15) is 0 Å². The second-order valence-corrected chi connectivity index (χ2v) is 5.31. The third-order valence-corrected chi connectivity index (χ3v) is 3.57. The number of H-pyrrole nitrogens is 1. The van der Waals surface area contributed by atoms with Crippen LogP contribution in [0.3, 0.4) is 0 Å². The number of ether oxygens (including phenoxy) is 1. The van der Waals surface area contributed by atoms with Gasteiger partial charge >= 0.3 is 0 Å². The lowest BCUT2D eigenvalue weighted by atomic mass is 10.2. The van der Waals surface area contributed by atoms with Crippen LogP contribution in [0.1, 0.15) is 31.7 Å². The van der Waals surface area contributed by atoms with Crippen LogP contribution in [0.4, 0.5) is 0 Å². The van der Waals surface area contributed by atoms with Gasteiger partial charge in [0.05, 0.1) is 11.0 Å². The molecule has 0 saturated carbocycles. The van der Waals surface area contributed by atoms with Crippen molar-refractivity contribution >= 4 is 23.3 Å². The van der Waals surface area contributed by atoms with Crippen molar-refractivity contribution in [2.24, 2.45) is 0 Å². The number of aromatic nitrogens is 2. The molecule has 0 amide bonds. The van der Waals surface area contributed by atoms with Crippen molar-refractivity contribution in [1.82, 2.24) is 9.55 Å². The molecular formula is C15H22N2OS. The van der Waals surface area contributed by atoms with Gasteiger partial charge < -0.3 is 14.3 Å². The van der Waals surface area contributed by atoms with Gasteiger partial charge in [-0.1, -0.05) is 19.4 Å². The second kappa shape index (κ2) is 6.87. The van der Waals surface area contributed by atoms with E-state index in [0.717, 1.165) is 42.9 Å². The van der Waals surface area contributed by atoms with Crippen LogP contribution in [0, 0.1) is 11.7 Å². The quantitative estimate of drug-likeness (QED) is 0.607. The number of nitrogens with one attached hydrogen (secondary N) is 1. The van der Waals surface area contributed by atoms with Crippen LogP contribution in [-0.2, 0) is 11.3 Å². The molecule has 19 heavy (non-hydrogen) atoms. The maximum Gasteiger partial charge on any atom is 0.178 e. The summed E-state index contributed by atoms with van der Waals surface area (Å²) in [5, 5.41) is 0. The van der Waals surface area contributed by atoms with E-state index in [1.807, 2.05) is 0 Å². The topological polar surface area (TPSA) is 29.9 Å². The van der Waals surface area contributed by atoms with Gasteiger partial charge in [-0.25, -0.2) is 0 Å². The first-order valence-corrected chi connectivity index (χ1v) is 7.40. The van der Waals surface area contributed by atoms with Crippen molar-refractivity contribution in [1.29, 1.82) is 0 Å². The molecule has 4 heteroatoms. The number of aryl methyl sites for hydroxylation is 2. The fourth-order valence-electron chi connectivity index (χ4n) is 2.16. The molecule has 0 aliphatic heterocycles. The Kier molecular flexibility index (Phi) is 5.16. The standard InChI is InChI=1S/C15H22N2OS/c1-3-4-9-18-10-5-8-17-14-11-12(2)6-7-13(14)16-15(17)19/h6-7,11H,3-5,8-10H2,1-2H3,(H,16,19). The van der Waals surface area contributed by atoms with Crippen LogP contribution in [0.15, 0.2) is 18.2 Å². The zero-order valence-corrected chi connectivity index (χ0v) is 12.6. The summed E-state index contributed by atoms with van der Waals surface area (Å²) in [7, 11) is 0. The summed E-state index contributed by atoms with van der Waals surface area (Å²) in [4.78, 5) is 3.25. The van der Waals surface area contributed by atoms with E-state index in [1.54, 1.807) is 0 Å². The SMILES string of the molecule is CCCCOCCCn1c(=S)[nH]c2ccc(C)cc21. The fraction of sp³-hybridized carbons (Fsp3) is 0.533. The lowest BCUT2D eigenvalue weighted by Gasteiger charge is -2.06. The van der Waals surface area contributed by atoms with Crippen molar-refractivity contribution in [2.45, 2.75) is 39.7 Å². The highest BCUT2D eigenvalue weighted by molar-refractivity contribution is 7.71. The molecule has 0 aliphatic rings. The number of hydrogen-bond acceptors (Lipinski definition) is 2. The second-order valence-electron chi connectivity index (χ2n) is 4.92. The molecule has 1 aromatic carbocycles. The largest absolute Gasteiger partial charge is 0.381 e. The monoisotopic (exact) mass is 278 g/mol. The third kappa shape index (κ3) is 3.67. The molecule has 1 heterocycles. The Morgan fingerprint density at radius 2 is 2.05 bits per heavy atom. The van der Waals surface area contributed by atoms with E-state index in [4.69, 9.17) is 17.0 Å². The van der Waals surface area contributed by atoms with Gasteiger partial charge in [-0.2, -0.15) is 0 Å². The van der Waals surface area contributed by atoms with Gasteiger partial charge in [-0.15, -0.1) is 0 Å². The Labute approximate surface area is 119 Å². The highest BCUT2D eigenvalue weighted by Crippen LogP contribution is 2.16. The fourth-order valence-corrected chi connectivity index (χ4v) is 2.46. The van der Waals surface area contributed by atoms with Gasteiger partial charge in [0.2, 0.25) is 0 Å². The number of nitrogens with zero attached hydrogens (tertiary/aromatic N) is 1. The average molecular weight is 278 g/mol. The van der Waals surface area contributed by atoms with Gasteiger partial charge in [-0.3, -0.25) is 0 Å². The van der Waals surface area contributed by atoms with Gasteiger partial charge in [-0.05, 0) is 49.7 Å². The van der Waals surface area contributed by atoms with Crippen LogP contribution in [0.5, 0.6) is 0 Å². The van der Waals surface area contributed by atoms with E-state index in [2.05, 4.69) is 41.6 Å². The average Bonchev–Trinajstić information content (AvgIpc) is 2.69. The number of benzene rings is 1. The molecule has 0 saturated heterocycles.